The third kappa shape index (κ3) is 3.81. The summed E-state index contributed by atoms with van der Waals surface area (Å²) < 4.78 is 5.76. The zero-order valence-electron chi connectivity index (χ0n) is 10.7. The van der Waals surface area contributed by atoms with Crippen molar-refractivity contribution in [3.05, 3.63) is 60.2 Å². The number of ether oxygens (including phenoxy) is 1. The molecule has 0 saturated heterocycles. The average molecular weight is 241 g/mol. The molecule has 0 aliphatic rings. The topological polar surface area (TPSA) is 21.3 Å². The van der Waals surface area contributed by atoms with E-state index in [0.717, 1.165) is 24.4 Å². The van der Waals surface area contributed by atoms with E-state index in [9.17, 15) is 0 Å². The maximum Gasteiger partial charge on any atom is 0.121 e. The Hall–Kier alpha value is -1.96. The quantitative estimate of drug-likeness (QED) is 0.831. The van der Waals surface area contributed by atoms with E-state index in [-0.39, 0.29) is 0 Å². The van der Waals surface area contributed by atoms with Crippen molar-refractivity contribution < 1.29 is 4.74 Å². The summed E-state index contributed by atoms with van der Waals surface area (Å²) in [4.78, 5) is 0. The molecular formula is C16H19NO. The lowest BCUT2D eigenvalue weighted by Gasteiger charge is -2.08. The van der Waals surface area contributed by atoms with Gasteiger partial charge in [0, 0.05) is 24.7 Å². The molecule has 0 spiro atoms. The van der Waals surface area contributed by atoms with Crippen molar-refractivity contribution in [2.45, 2.75) is 13.3 Å². The minimum absolute atomic E-state index is 0.708. The third-order valence-electron chi connectivity index (χ3n) is 2.72. The Labute approximate surface area is 109 Å². The predicted molar refractivity (Wildman–Crippen MR) is 76.2 cm³/mol. The Bertz CT molecular complexity index is 468. The fourth-order valence-electron chi connectivity index (χ4n) is 1.83. The van der Waals surface area contributed by atoms with Crippen LogP contribution in [-0.4, -0.2) is 13.2 Å². The fraction of sp³-hybridized carbons (Fsp3) is 0.250. The van der Waals surface area contributed by atoms with Crippen molar-refractivity contribution in [1.82, 2.24) is 0 Å². The lowest BCUT2D eigenvalue weighted by atomic mass is 10.2. The highest BCUT2D eigenvalue weighted by Crippen LogP contribution is 2.17. The Kier molecular flexibility index (Phi) is 4.65. The van der Waals surface area contributed by atoms with E-state index in [0.29, 0.717) is 6.61 Å². The number of benzene rings is 2. The van der Waals surface area contributed by atoms with Crippen molar-refractivity contribution >= 4 is 5.69 Å². The summed E-state index contributed by atoms with van der Waals surface area (Å²) in [5.41, 5.74) is 2.41. The zero-order valence-corrected chi connectivity index (χ0v) is 10.7. The minimum atomic E-state index is 0.708. The summed E-state index contributed by atoms with van der Waals surface area (Å²) in [7, 11) is 0. The van der Waals surface area contributed by atoms with Crippen LogP contribution in [0.25, 0.3) is 0 Å². The Morgan fingerprint density at radius 3 is 2.61 bits per heavy atom. The number of rotatable bonds is 6. The van der Waals surface area contributed by atoms with Crippen LogP contribution in [0.4, 0.5) is 5.69 Å². The molecule has 2 heteroatoms. The average Bonchev–Trinajstić information content (AvgIpc) is 2.41. The van der Waals surface area contributed by atoms with Crippen molar-refractivity contribution in [2.24, 2.45) is 0 Å². The van der Waals surface area contributed by atoms with Crippen molar-refractivity contribution in [1.29, 1.82) is 0 Å². The van der Waals surface area contributed by atoms with Crippen LogP contribution in [-0.2, 0) is 6.42 Å². The molecule has 18 heavy (non-hydrogen) atoms. The van der Waals surface area contributed by atoms with Crippen LogP contribution >= 0.6 is 0 Å². The summed E-state index contributed by atoms with van der Waals surface area (Å²) in [6.45, 7) is 3.72. The first-order chi connectivity index (χ1) is 8.88. The smallest absolute Gasteiger partial charge is 0.121 e. The lowest BCUT2D eigenvalue weighted by molar-refractivity contribution is 0.322. The maximum atomic E-state index is 5.76. The van der Waals surface area contributed by atoms with Gasteiger partial charge in [0.05, 0.1) is 6.61 Å². The highest BCUT2D eigenvalue weighted by atomic mass is 16.5. The number of nitrogens with one attached hydrogen (secondary N) is 1. The van der Waals surface area contributed by atoms with Crippen LogP contribution in [0.5, 0.6) is 5.75 Å². The molecule has 0 bridgehead atoms. The van der Waals surface area contributed by atoms with Gasteiger partial charge in [-0.2, -0.15) is 0 Å². The van der Waals surface area contributed by atoms with Gasteiger partial charge in [-0.25, -0.2) is 0 Å². The van der Waals surface area contributed by atoms with Crippen LogP contribution in [0.3, 0.4) is 0 Å². The first-order valence-corrected chi connectivity index (χ1v) is 6.39. The molecule has 0 saturated carbocycles. The van der Waals surface area contributed by atoms with E-state index < -0.39 is 0 Å². The predicted octanol–water partition coefficient (Wildman–Crippen LogP) is 3.74. The zero-order chi connectivity index (χ0) is 12.6. The minimum Gasteiger partial charge on any atom is -0.493 e. The van der Waals surface area contributed by atoms with Crippen molar-refractivity contribution in [3.63, 3.8) is 0 Å². The summed E-state index contributed by atoms with van der Waals surface area (Å²) in [5.74, 6) is 0.921. The van der Waals surface area contributed by atoms with E-state index in [4.69, 9.17) is 4.74 Å². The number of hydrogen-bond acceptors (Lipinski definition) is 2. The largest absolute Gasteiger partial charge is 0.493 e. The molecule has 0 heterocycles. The van der Waals surface area contributed by atoms with E-state index in [1.807, 2.05) is 30.3 Å². The molecule has 2 nitrogen and oxygen atoms in total. The van der Waals surface area contributed by atoms with Crippen LogP contribution in [0, 0.1) is 0 Å². The molecule has 0 aliphatic heterocycles. The van der Waals surface area contributed by atoms with Crippen LogP contribution in [0.2, 0.25) is 0 Å². The second-order valence-electron chi connectivity index (χ2n) is 4.14. The van der Waals surface area contributed by atoms with Crippen molar-refractivity contribution in [3.8, 4) is 5.75 Å². The normalized spacial score (nSPS) is 10.1. The SMILES string of the molecule is CCNc1cccc(OCCc2ccccc2)c1. The van der Waals surface area contributed by atoms with E-state index in [1.165, 1.54) is 5.56 Å². The van der Waals surface area contributed by atoms with Gasteiger partial charge in [0.15, 0.2) is 0 Å². The molecular weight excluding hydrogens is 222 g/mol. The van der Waals surface area contributed by atoms with Gasteiger partial charge in [0.25, 0.3) is 0 Å². The number of anilines is 1. The fourth-order valence-corrected chi connectivity index (χ4v) is 1.83. The Balaban J connectivity index is 1.84. The van der Waals surface area contributed by atoms with Crippen LogP contribution < -0.4 is 10.1 Å². The molecule has 2 aromatic carbocycles. The molecule has 1 N–H and O–H groups in total. The van der Waals surface area contributed by atoms with Gasteiger partial charge in [0.2, 0.25) is 0 Å². The summed E-state index contributed by atoms with van der Waals surface area (Å²) in [6.07, 6.45) is 0.937. The highest BCUT2D eigenvalue weighted by Gasteiger charge is 1.97. The van der Waals surface area contributed by atoms with Crippen LogP contribution in [0.15, 0.2) is 54.6 Å². The van der Waals surface area contributed by atoms with E-state index in [2.05, 4.69) is 36.5 Å². The van der Waals surface area contributed by atoms with Gasteiger partial charge < -0.3 is 10.1 Å². The molecule has 0 unspecified atom stereocenters. The maximum absolute atomic E-state index is 5.76. The highest BCUT2D eigenvalue weighted by molar-refractivity contribution is 5.47. The Morgan fingerprint density at radius 1 is 1.00 bits per heavy atom. The molecule has 2 rings (SSSR count). The summed E-state index contributed by atoms with van der Waals surface area (Å²) in [5, 5.41) is 3.28. The third-order valence-corrected chi connectivity index (χ3v) is 2.72. The first-order valence-electron chi connectivity index (χ1n) is 6.39. The van der Waals surface area contributed by atoms with Gasteiger partial charge in [-0.15, -0.1) is 0 Å². The van der Waals surface area contributed by atoms with Crippen molar-refractivity contribution in [2.75, 3.05) is 18.5 Å². The standard InChI is InChI=1S/C16H19NO/c1-2-17-15-9-6-10-16(13-15)18-12-11-14-7-4-3-5-8-14/h3-10,13,17H,2,11-12H2,1H3. The summed E-state index contributed by atoms with van der Waals surface area (Å²) >= 11 is 0. The lowest BCUT2D eigenvalue weighted by Crippen LogP contribution is -2.02. The van der Waals surface area contributed by atoms with Gasteiger partial charge in [0.1, 0.15) is 5.75 Å². The van der Waals surface area contributed by atoms with Gasteiger partial charge in [-0.05, 0) is 24.6 Å². The van der Waals surface area contributed by atoms with E-state index >= 15 is 0 Å². The molecule has 0 amide bonds. The molecule has 2 aromatic rings. The van der Waals surface area contributed by atoms with Gasteiger partial charge in [-0.3, -0.25) is 0 Å². The van der Waals surface area contributed by atoms with E-state index in [1.54, 1.807) is 0 Å². The summed E-state index contributed by atoms with van der Waals surface area (Å²) in [6, 6.07) is 18.5. The molecule has 0 fully saturated rings. The first kappa shape index (κ1) is 12.5. The number of hydrogen-bond donors (Lipinski definition) is 1. The molecule has 0 atom stereocenters. The van der Waals surface area contributed by atoms with Crippen LogP contribution in [0.1, 0.15) is 12.5 Å². The van der Waals surface area contributed by atoms with Gasteiger partial charge in [-0.1, -0.05) is 36.4 Å². The molecule has 0 radical (unpaired) electrons. The second kappa shape index (κ2) is 6.70. The second-order valence-corrected chi connectivity index (χ2v) is 4.14. The molecule has 0 aromatic heterocycles. The molecule has 0 aliphatic carbocycles. The molecule has 94 valence electrons. The Morgan fingerprint density at radius 2 is 1.83 bits per heavy atom. The van der Waals surface area contributed by atoms with Gasteiger partial charge >= 0.3 is 0 Å². The monoisotopic (exact) mass is 241 g/mol.